The Balaban J connectivity index is 1.58. The SMILES string of the molecule is c1ccc2c(c1)CCN2Cc1ccc2c(c1)NCCO2. The topological polar surface area (TPSA) is 24.5 Å². The van der Waals surface area contributed by atoms with E-state index >= 15 is 0 Å². The summed E-state index contributed by atoms with van der Waals surface area (Å²) in [6, 6.07) is 15.2. The number of ether oxygens (including phenoxy) is 1. The summed E-state index contributed by atoms with van der Waals surface area (Å²) in [5.41, 5.74) is 5.31. The number of anilines is 2. The third kappa shape index (κ3) is 1.99. The molecule has 0 spiro atoms. The number of fused-ring (bicyclic) bond motifs is 2. The predicted octanol–water partition coefficient (Wildman–Crippen LogP) is 3.05. The summed E-state index contributed by atoms with van der Waals surface area (Å²) in [6.07, 6.45) is 1.16. The van der Waals surface area contributed by atoms with Crippen molar-refractivity contribution in [2.45, 2.75) is 13.0 Å². The van der Waals surface area contributed by atoms with Crippen LogP contribution < -0.4 is 15.0 Å². The summed E-state index contributed by atoms with van der Waals surface area (Å²) in [7, 11) is 0. The highest BCUT2D eigenvalue weighted by atomic mass is 16.5. The van der Waals surface area contributed by atoms with E-state index in [1.807, 2.05) is 0 Å². The molecule has 3 nitrogen and oxygen atoms in total. The zero-order valence-electron chi connectivity index (χ0n) is 11.4. The highest BCUT2D eigenvalue weighted by molar-refractivity contribution is 5.61. The van der Waals surface area contributed by atoms with Crippen LogP contribution in [0.1, 0.15) is 11.1 Å². The molecule has 102 valence electrons. The quantitative estimate of drug-likeness (QED) is 0.904. The molecule has 0 bridgehead atoms. The summed E-state index contributed by atoms with van der Waals surface area (Å²) >= 11 is 0. The normalized spacial score (nSPS) is 16.1. The largest absolute Gasteiger partial charge is 0.490 e. The second-order valence-corrected chi connectivity index (χ2v) is 5.41. The highest BCUT2D eigenvalue weighted by Crippen LogP contribution is 2.32. The van der Waals surface area contributed by atoms with Gasteiger partial charge in [-0.2, -0.15) is 0 Å². The van der Waals surface area contributed by atoms with Gasteiger partial charge in [-0.25, -0.2) is 0 Å². The molecule has 0 amide bonds. The van der Waals surface area contributed by atoms with Crippen molar-refractivity contribution in [1.29, 1.82) is 0 Å². The molecule has 2 aliphatic rings. The minimum Gasteiger partial charge on any atom is -0.490 e. The van der Waals surface area contributed by atoms with Gasteiger partial charge in [0.15, 0.2) is 0 Å². The zero-order valence-corrected chi connectivity index (χ0v) is 11.4. The Morgan fingerprint density at radius 1 is 1.15 bits per heavy atom. The van der Waals surface area contributed by atoms with Gasteiger partial charge in [-0.3, -0.25) is 0 Å². The van der Waals surface area contributed by atoms with Crippen molar-refractivity contribution in [2.24, 2.45) is 0 Å². The molecule has 0 aliphatic carbocycles. The molecule has 2 heterocycles. The van der Waals surface area contributed by atoms with Gasteiger partial charge >= 0.3 is 0 Å². The standard InChI is InChI=1S/C17H18N2O/c1-2-4-16-14(3-1)7-9-19(16)12-13-5-6-17-15(11-13)18-8-10-20-17/h1-6,11,18H,7-10,12H2. The predicted molar refractivity (Wildman–Crippen MR) is 81.6 cm³/mol. The molecule has 0 saturated heterocycles. The third-order valence-electron chi connectivity index (χ3n) is 4.08. The van der Waals surface area contributed by atoms with Gasteiger partial charge in [-0.1, -0.05) is 24.3 Å². The molecule has 2 aromatic rings. The lowest BCUT2D eigenvalue weighted by Crippen LogP contribution is -2.21. The molecule has 0 aromatic heterocycles. The monoisotopic (exact) mass is 266 g/mol. The molecule has 4 rings (SSSR count). The van der Waals surface area contributed by atoms with E-state index in [4.69, 9.17) is 4.74 Å². The molecule has 1 N–H and O–H groups in total. The van der Waals surface area contributed by atoms with E-state index in [-0.39, 0.29) is 0 Å². The van der Waals surface area contributed by atoms with E-state index in [1.54, 1.807) is 0 Å². The van der Waals surface area contributed by atoms with Crippen LogP contribution in [0.4, 0.5) is 11.4 Å². The first kappa shape index (κ1) is 11.6. The van der Waals surface area contributed by atoms with Crippen LogP contribution in [0, 0.1) is 0 Å². The lowest BCUT2D eigenvalue weighted by atomic mass is 10.1. The first-order valence-electron chi connectivity index (χ1n) is 7.22. The summed E-state index contributed by atoms with van der Waals surface area (Å²) in [5, 5.41) is 3.40. The van der Waals surface area contributed by atoms with Crippen LogP contribution in [0.15, 0.2) is 42.5 Å². The van der Waals surface area contributed by atoms with Crippen molar-refractivity contribution >= 4 is 11.4 Å². The Bertz CT molecular complexity index is 639. The van der Waals surface area contributed by atoms with E-state index < -0.39 is 0 Å². The molecule has 2 aromatic carbocycles. The maximum absolute atomic E-state index is 5.63. The fraction of sp³-hybridized carbons (Fsp3) is 0.294. The second kappa shape index (κ2) is 4.75. The highest BCUT2D eigenvalue weighted by Gasteiger charge is 2.19. The van der Waals surface area contributed by atoms with Crippen molar-refractivity contribution < 1.29 is 4.74 Å². The number of para-hydroxylation sites is 1. The van der Waals surface area contributed by atoms with Gasteiger partial charge in [0.05, 0.1) is 5.69 Å². The van der Waals surface area contributed by atoms with Crippen LogP contribution in [0.5, 0.6) is 5.75 Å². The van der Waals surface area contributed by atoms with Gasteiger partial charge in [-0.05, 0) is 35.7 Å². The fourth-order valence-electron chi connectivity index (χ4n) is 3.08. The van der Waals surface area contributed by atoms with Gasteiger partial charge in [0.25, 0.3) is 0 Å². The van der Waals surface area contributed by atoms with E-state index in [9.17, 15) is 0 Å². The summed E-state index contributed by atoms with van der Waals surface area (Å²) in [5.74, 6) is 0.974. The maximum Gasteiger partial charge on any atom is 0.142 e. The number of benzene rings is 2. The van der Waals surface area contributed by atoms with E-state index in [0.29, 0.717) is 0 Å². The number of nitrogens with zero attached hydrogens (tertiary/aromatic N) is 1. The molecular weight excluding hydrogens is 248 g/mol. The van der Waals surface area contributed by atoms with E-state index in [2.05, 4.69) is 52.7 Å². The van der Waals surface area contributed by atoms with Crippen LogP contribution in [-0.4, -0.2) is 19.7 Å². The molecule has 0 saturated carbocycles. The summed E-state index contributed by atoms with van der Waals surface area (Å²) < 4.78 is 5.63. The Morgan fingerprint density at radius 3 is 3.10 bits per heavy atom. The average molecular weight is 266 g/mol. The Hall–Kier alpha value is -2.16. The summed E-state index contributed by atoms with van der Waals surface area (Å²) in [6.45, 7) is 3.72. The molecule has 20 heavy (non-hydrogen) atoms. The van der Waals surface area contributed by atoms with Crippen molar-refractivity contribution in [2.75, 3.05) is 29.9 Å². The van der Waals surface area contributed by atoms with Crippen molar-refractivity contribution in [3.05, 3.63) is 53.6 Å². The lowest BCUT2D eigenvalue weighted by Gasteiger charge is -2.23. The average Bonchev–Trinajstić information content (AvgIpc) is 2.91. The smallest absolute Gasteiger partial charge is 0.142 e. The number of hydrogen-bond acceptors (Lipinski definition) is 3. The Labute approximate surface area is 119 Å². The van der Waals surface area contributed by atoms with Crippen LogP contribution in [-0.2, 0) is 13.0 Å². The Morgan fingerprint density at radius 2 is 2.10 bits per heavy atom. The minimum absolute atomic E-state index is 0.756. The molecular formula is C17H18N2O. The number of hydrogen-bond donors (Lipinski definition) is 1. The zero-order chi connectivity index (χ0) is 13.4. The van der Waals surface area contributed by atoms with Gasteiger partial charge in [0, 0.05) is 25.3 Å². The molecule has 0 unspecified atom stereocenters. The first-order chi connectivity index (χ1) is 9.90. The molecule has 0 fully saturated rings. The van der Waals surface area contributed by atoms with Gasteiger partial charge in [0.2, 0.25) is 0 Å². The molecule has 2 aliphatic heterocycles. The van der Waals surface area contributed by atoms with Crippen molar-refractivity contribution in [1.82, 2.24) is 0 Å². The number of rotatable bonds is 2. The first-order valence-corrected chi connectivity index (χ1v) is 7.22. The second-order valence-electron chi connectivity index (χ2n) is 5.41. The van der Waals surface area contributed by atoms with Gasteiger partial charge in [-0.15, -0.1) is 0 Å². The van der Waals surface area contributed by atoms with Crippen LogP contribution >= 0.6 is 0 Å². The Kier molecular flexibility index (Phi) is 2.76. The van der Waals surface area contributed by atoms with Crippen LogP contribution in [0.2, 0.25) is 0 Å². The van der Waals surface area contributed by atoms with Gasteiger partial charge in [0.1, 0.15) is 12.4 Å². The molecule has 0 radical (unpaired) electrons. The maximum atomic E-state index is 5.63. The van der Waals surface area contributed by atoms with E-state index in [0.717, 1.165) is 44.1 Å². The van der Waals surface area contributed by atoms with Crippen LogP contribution in [0.3, 0.4) is 0 Å². The third-order valence-corrected chi connectivity index (χ3v) is 4.08. The van der Waals surface area contributed by atoms with Crippen LogP contribution in [0.25, 0.3) is 0 Å². The lowest BCUT2D eigenvalue weighted by molar-refractivity contribution is 0.323. The fourth-order valence-corrected chi connectivity index (χ4v) is 3.08. The minimum atomic E-state index is 0.756. The number of nitrogens with one attached hydrogen (secondary N) is 1. The van der Waals surface area contributed by atoms with Crippen molar-refractivity contribution in [3.63, 3.8) is 0 Å². The van der Waals surface area contributed by atoms with Gasteiger partial charge < -0.3 is 15.0 Å². The van der Waals surface area contributed by atoms with E-state index in [1.165, 1.54) is 16.8 Å². The summed E-state index contributed by atoms with van der Waals surface area (Å²) in [4.78, 5) is 2.46. The molecule has 0 atom stereocenters. The van der Waals surface area contributed by atoms with Crippen molar-refractivity contribution in [3.8, 4) is 5.75 Å². The molecule has 3 heteroatoms.